The van der Waals surface area contributed by atoms with Crippen molar-refractivity contribution < 1.29 is 70.8 Å². The van der Waals surface area contributed by atoms with Gasteiger partial charge in [-0.3, -0.25) is 0 Å². The Hall–Kier alpha value is -2.54. The average molecular weight is 670 g/mol. The van der Waals surface area contributed by atoms with Crippen LogP contribution in [0, 0.1) is 76.8 Å². The number of rotatable bonds is 3. The monoisotopic (exact) mass is 669 g/mol. The van der Waals surface area contributed by atoms with Crippen LogP contribution in [0.25, 0.3) is 0 Å². The van der Waals surface area contributed by atoms with E-state index in [0.717, 1.165) is 16.7 Å². The average Bonchev–Trinajstić information content (AvgIpc) is 2.96. The minimum atomic E-state index is -1.37. The number of hydrogen-bond donors (Lipinski definition) is 3. The molecule has 0 aliphatic carbocycles. The van der Waals surface area contributed by atoms with Gasteiger partial charge < -0.3 is 29.5 Å². The molecule has 3 aromatic carbocycles. The molecule has 0 saturated heterocycles. The first-order chi connectivity index (χ1) is 18.4. The molecule has 0 spiro atoms. The fourth-order valence-corrected chi connectivity index (χ4v) is 2.28. The van der Waals surface area contributed by atoms with Gasteiger partial charge in [-0.15, -0.1) is 0 Å². The molecule has 7 heteroatoms. The maximum absolute atomic E-state index is 9.39. The summed E-state index contributed by atoms with van der Waals surface area (Å²) in [4.78, 5) is 0. The van der Waals surface area contributed by atoms with E-state index in [-0.39, 0.29) is 41.3 Å². The van der Waals surface area contributed by atoms with Gasteiger partial charge in [0.05, 0.1) is 0 Å². The standard InChI is InChI=1S/3C11H12O2.Pr/c3*1-11(12,13-2)9-8-10-6-4-3-5-7-10;/h3*3-7,12H,1-2H3;. The second-order valence-electron chi connectivity index (χ2n) is 8.41. The van der Waals surface area contributed by atoms with Crippen LogP contribution >= 0.6 is 0 Å². The van der Waals surface area contributed by atoms with Crippen LogP contribution in [0.15, 0.2) is 91.0 Å². The van der Waals surface area contributed by atoms with Crippen molar-refractivity contribution in [2.24, 2.45) is 0 Å². The van der Waals surface area contributed by atoms with Crippen LogP contribution in [0.2, 0.25) is 0 Å². The second kappa shape index (κ2) is 19.5. The third kappa shape index (κ3) is 17.9. The molecule has 40 heavy (non-hydrogen) atoms. The van der Waals surface area contributed by atoms with Crippen molar-refractivity contribution in [2.45, 2.75) is 38.1 Å². The quantitative estimate of drug-likeness (QED) is 0.287. The van der Waals surface area contributed by atoms with Gasteiger partial charge in [-0.05, 0) is 54.2 Å². The van der Waals surface area contributed by atoms with Gasteiger partial charge >= 0.3 is 0 Å². The number of ether oxygens (including phenoxy) is 3. The Morgan fingerprint density at radius 3 is 0.825 bits per heavy atom. The van der Waals surface area contributed by atoms with E-state index in [1.807, 2.05) is 91.0 Å². The summed E-state index contributed by atoms with van der Waals surface area (Å²) in [5, 5.41) is 28.2. The van der Waals surface area contributed by atoms with Crippen molar-refractivity contribution in [2.75, 3.05) is 21.3 Å². The summed E-state index contributed by atoms with van der Waals surface area (Å²) in [5.74, 6) is 12.2. The van der Waals surface area contributed by atoms with Crippen LogP contribution < -0.4 is 0 Å². The topological polar surface area (TPSA) is 88.4 Å². The molecule has 0 aliphatic rings. The van der Waals surface area contributed by atoms with Crippen LogP contribution in [-0.4, -0.2) is 54.0 Å². The van der Waals surface area contributed by atoms with Gasteiger partial charge in [0.25, 0.3) is 0 Å². The van der Waals surface area contributed by atoms with E-state index in [1.165, 1.54) is 42.1 Å². The van der Waals surface area contributed by atoms with E-state index in [9.17, 15) is 15.3 Å². The number of benzene rings is 3. The third-order valence-electron chi connectivity index (χ3n) is 4.83. The van der Waals surface area contributed by atoms with Crippen LogP contribution in [0.5, 0.6) is 0 Å². The third-order valence-corrected chi connectivity index (χ3v) is 4.83. The maximum atomic E-state index is 9.39. The minimum Gasteiger partial charge on any atom is -0.356 e. The summed E-state index contributed by atoms with van der Waals surface area (Å²) in [6.45, 7) is 4.51. The Morgan fingerprint density at radius 1 is 0.450 bits per heavy atom. The molecule has 0 bridgehead atoms. The molecular weight excluding hydrogens is 633 g/mol. The van der Waals surface area contributed by atoms with Crippen molar-refractivity contribution in [3.05, 3.63) is 108 Å². The molecule has 6 nitrogen and oxygen atoms in total. The Balaban J connectivity index is 0.000000563. The predicted octanol–water partition coefficient (Wildman–Crippen LogP) is 4.18. The molecule has 3 rings (SSSR count). The van der Waals surface area contributed by atoms with Crippen molar-refractivity contribution in [1.82, 2.24) is 0 Å². The first-order valence-electron chi connectivity index (χ1n) is 12.0. The molecule has 3 aromatic rings. The van der Waals surface area contributed by atoms with E-state index in [2.05, 4.69) is 35.5 Å². The van der Waals surface area contributed by atoms with Crippen LogP contribution in [-0.2, 0) is 14.2 Å². The predicted molar refractivity (Wildman–Crippen MR) is 153 cm³/mol. The molecule has 0 aromatic heterocycles. The van der Waals surface area contributed by atoms with Crippen LogP contribution in [0.3, 0.4) is 0 Å². The maximum Gasteiger partial charge on any atom is 0.228 e. The molecule has 3 unspecified atom stereocenters. The Morgan fingerprint density at radius 2 is 0.650 bits per heavy atom. The van der Waals surface area contributed by atoms with Gasteiger partial charge in [-0.25, -0.2) is 0 Å². The summed E-state index contributed by atoms with van der Waals surface area (Å²) >= 11 is 0. The number of methoxy groups -OCH3 is 3. The van der Waals surface area contributed by atoms with Crippen LogP contribution in [0.4, 0.5) is 0 Å². The Bertz CT molecular complexity index is 1120. The molecule has 0 aliphatic heterocycles. The van der Waals surface area contributed by atoms with Crippen molar-refractivity contribution in [3.8, 4) is 35.5 Å². The molecule has 3 atom stereocenters. The van der Waals surface area contributed by atoms with Crippen LogP contribution in [0.1, 0.15) is 37.5 Å². The largest absolute Gasteiger partial charge is 0.356 e. The molecule has 1 radical (unpaired) electrons. The normalized spacial score (nSPS) is 13.7. The summed E-state index contributed by atoms with van der Waals surface area (Å²) < 4.78 is 14.2. The van der Waals surface area contributed by atoms with E-state index < -0.39 is 17.4 Å². The Kier molecular flexibility index (Phi) is 18.3. The fraction of sp³-hybridized carbons (Fsp3) is 0.273. The van der Waals surface area contributed by atoms with E-state index in [4.69, 9.17) is 14.2 Å². The van der Waals surface area contributed by atoms with E-state index >= 15 is 0 Å². The Labute approximate surface area is 271 Å². The molecule has 0 fully saturated rings. The molecular formula is C33H36O6Pr. The molecule has 0 heterocycles. The van der Waals surface area contributed by atoms with Gasteiger partial charge in [-0.2, -0.15) is 0 Å². The summed E-state index contributed by atoms with van der Waals surface area (Å²) in [5.41, 5.74) is 2.58. The van der Waals surface area contributed by atoms with Gasteiger partial charge in [0.15, 0.2) is 0 Å². The summed E-state index contributed by atoms with van der Waals surface area (Å²) in [7, 11) is 4.25. The SMILES string of the molecule is COC(C)(O)C#Cc1ccccc1.COC(C)(O)C#Cc1ccccc1.COC(C)(O)C#Cc1ccccc1.[Pr]. The zero-order valence-corrected chi connectivity index (χ0v) is 27.5. The zero-order chi connectivity index (χ0) is 29.2. The molecule has 207 valence electrons. The van der Waals surface area contributed by atoms with Gasteiger partial charge in [0.1, 0.15) is 0 Å². The fourth-order valence-electron chi connectivity index (χ4n) is 2.28. The molecule has 0 saturated carbocycles. The zero-order valence-electron chi connectivity index (χ0n) is 23.8. The number of aliphatic hydroxyl groups is 3. The first kappa shape index (κ1) is 37.5. The van der Waals surface area contributed by atoms with Crippen molar-refractivity contribution in [1.29, 1.82) is 0 Å². The van der Waals surface area contributed by atoms with Gasteiger partial charge in [-0.1, -0.05) is 72.4 Å². The summed E-state index contributed by atoms with van der Waals surface area (Å²) in [6, 6.07) is 28.4. The minimum absolute atomic E-state index is 0. The van der Waals surface area contributed by atoms with Crippen molar-refractivity contribution in [3.63, 3.8) is 0 Å². The summed E-state index contributed by atoms with van der Waals surface area (Å²) in [6.07, 6.45) is 0. The smallest absolute Gasteiger partial charge is 0.228 e. The van der Waals surface area contributed by atoms with E-state index in [0.29, 0.717) is 0 Å². The van der Waals surface area contributed by atoms with E-state index in [1.54, 1.807) is 0 Å². The second-order valence-corrected chi connectivity index (χ2v) is 8.41. The molecule has 3 N–H and O–H groups in total. The number of hydrogen-bond acceptors (Lipinski definition) is 6. The van der Waals surface area contributed by atoms with Gasteiger partial charge in [0.2, 0.25) is 17.4 Å². The van der Waals surface area contributed by atoms with Crippen molar-refractivity contribution >= 4 is 0 Å². The van der Waals surface area contributed by atoms with Gasteiger partial charge in [0, 0.05) is 100 Å². The molecule has 0 amide bonds. The first-order valence-corrected chi connectivity index (χ1v) is 12.0.